The maximum absolute atomic E-state index is 11.5. The Labute approximate surface area is 161 Å². The Bertz CT molecular complexity index is 975. The van der Waals surface area contributed by atoms with Crippen molar-refractivity contribution in [3.8, 4) is 11.5 Å². The lowest BCUT2D eigenvalue weighted by molar-refractivity contribution is -0.385. The predicted molar refractivity (Wildman–Crippen MR) is 106 cm³/mol. The summed E-state index contributed by atoms with van der Waals surface area (Å²) in [6.45, 7) is 1.57. The molecule has 0 aliphatic carbocycles. The van der Waals surface area contributed by atoms with Gasteiger partial charge < -0.3 is 20.1 Å². The molecule has 0 radical (unpaired) electrons. The molecule has 0 aliphatic heterocycles. The summed E-state index contributed by atoms with van der Waals surface area (Å²) in [4.78, 5) is 19.5. The van der Waals surface area contributed by atoms with Crippen LogP contribution in [-0.4, -0.2) is 29.1 Å². The first kappa shape index (κ1) is 18.9. The Balaban J connectivity index is 1.92. The van der Waals surface area contributed by atoms with Gasteiger partial charge in [0.25, 0.3) is 0 Å². The van der Waals surface area contributed by atoms with Crippen LogP contribution in [0.2, 0.25) is 0 Å². The molecule has 0 saturated carbocycles. The van der Waals surface area contributed by atoms with Crippen LogP contribution in [0.1, 0.15) is 5.69 Å². The van der Waals surface area contributed by atoms with Gasteiger partial charge in [-0.3, -0.25) is 10.1 Å². The van der Waals surface area contributed by atoms with Gasteiger partial charge in [0.1, 0.15) is 17.2 Å². The Morgan fingerprint density at radius 2 is 1.36 bits per heavy atom. The number of hydrogen-bond acceptors (Lipinski definition) is 8. The van der Waals surface area contributed by atoms with Crippen molar-refractivity contribution in [1.82, 2.24) is 9.97 Å². The molecule has 0 fully saturated rings. The number of rotatable bonds is 7. The van der Waals surface area contributed by atoms with E-state index >= 15 is 0 Å². The number of aryl methyl sites for hydroxylation is 1. The largest absolute Gasteiger partial charge is 0.497 e. The van der Waals surface area contributed by atoms with Crippen LogP contribution in [0.5, 0.6) is 11.5 Å². The Morgan fingerprint density at radius 3 is 1.82 bits per heavy atom. The average Bonchev–Trinajstić information content (AvgIpc) is 2.68. The number of nitro groups is 1. The summed E-state index contributed by atoms with van der Waals surface area (Å²) in [6.07, 6.45) is 0. The summed E-state index contributed by atoms with van der Waals surface area (Å²) in [5.74, 6) is 1.73. The normalized spacial score (nSPS) is 10.2. The van der Waals surface area contributed by atoms with Crippen molar-refractivity contribution in [3.63, 3.8) is 0 Å². The fourth-order valence-electron chi connectivity index (χ4n) is 2.54. The number of nitrogens with one attached hydrogen (secondary N) is 2. The Kier molecular flexibility index (Phi) is 5.54. The predicted octanol–water partition coefficient (Wildman–Crippen LogP) is 4.20. The van der Waals surface area contributed by atoms with Gasteiger partial charge in [-0.25, -0.2) is 4.98 Å². The highest BCUT2D eigenvalue weighted by atomic mass is 16.6. The molecular weight excluding hydrogens is 362 g/mol. The summed E-state index contributed by atoms with van der Waals surface area (Å²) in [5.41, 5.74) is 1.42. The van der Waals surface area contributed by atoms with Gasteiger partial charge in [0.2, 0.25) is 11.8 Å². The number of aromatic nitrogens is 2. The van der Waals surface area contributed by atoms with Gasteiger partial charge in [0, 0.05) is 11.4 Å². The summed E-state index contributed by atoms with van der Waals surface area (Å²) in [5, 5.41) is 17.5. The lowest BCUT2D eigenvalue weighted by Crippen LogP contribution is -2.07. The van der Waals surface area contributed by atoms with E-state index in [0.717, 1.165) is 5.69 Å². The first-order valence-electron chi connectivity index (χ1n) is 8.35. The zero-order valence-corrected chi connectivity index (χ0v) is 15.6. The molecule has 9 nitrogen and oxygen atoms in total. The van der Waals surface area contributed by atoms with E-state index in [1.165, 1.54) is 0 Å². The van der Waals surface area contributed by atoms with Crippen LogP contribution >= 0.6 is 0 Å². The number of benzene rings is 2. The minimum Gasteiger partial charge on any atom is -0.497 e. The molecule has 0 aliphatic rings. The lowest BCUT2D eigenvalue weighted by Gasteiger charge is -2.11. The van der Waals surface area contributed by atoms with Crippen molar-refractivity contribution in [3.05, 3.63) is 64.3 Å². The van der Waals surface area contributed by atoms with E-state index in [1.54, 1.807) is 69.7 Å². The molecule has 2 aromatic carbocycles. The minimum absolute atomic E-state index is 0.0960. The standard InChI is InChI=1S/C19H19N5O4/c1-12-17(24(25)26)18(21-13-4-8-15(27-2)9-5-13)23-19(20-12)22-14-6-10-16(28-3)11-7-14/h4-11H,1-3H3,(H2,20,21,22,23). The molecule has 0 bridgehead atoms. The van der Waals surface area contributed by atoms with Gasteiger partial charge in [-0.05, 0) is 55.5 Å². The second kappa shape index (κ2) is 8.21. The molecule has 0 saturated heterocycles. The van der Waals surface area contributed by atoms with E-state index in [0.29, 0.717) is 17.2 Å². The van der Waals surface area contributed by atoms with Crippen molar-refractivity contribution < 1.29 is 14.4 Å². The quantitative estimate of drug-likeness (QED) is 0.463. The number of anilines is 4. The average molecular weight is 381 g/mol. The summed E-state index contributed by atoms with van der Waals surface area (Å²) in [7, 11) is 3.15. The van der Waals surface area contributed by atoms with Crippen molar-refractivity contribution in [1.29, 1.82) is 0 Å². The van der Waals surface area contributed by atoms with E-state index in [1.807, 2.05) is 0 Å². The number of ether oxygens (including phenoxy) is 2. The molecule has 1 aromatic heterocycles. The molecule has 1 heterocycles. The third-order valence-corrected chi connectivity index (χ3v) is 3.94. The third-order valence-electron chi connectivity index (χ3n) is 3.94. The summed E-state index contributed by atoms with van der Waals surface area (Å²) in [6, 6.07) is 14.2. The molecule has 144 valence electrons. The zero-order valence-electron chi connectivity index (χ0n) is 15.6. The van der Waals surface area contributed by atoms with Crippen LogP contribution in [0.3, 0.4) is 0 Å². The van der Waals surface area contributed by atoms with E-state index in [9.17, 15) is 10.1 Å². The molecule has 28 heavy (non-hydrogen) atoms. The van der Waals surface area contributed by atoms with Gasteiger partial charge in [-0.2, -0.15) is 4.98 Å². The second-order valence-electron chi connectivity index (χ2n) is 5.79. The fraction of sp³-hybridized carbons (Fsp3) is 0.158. The van der Waals surface area contributed by atoms with Crippen LogP contribution in [0.4, 0.5) is 28.8 Å². The maximum Gasteiger partial charge on any atom is 0.332 e. The van der Waals surface area contributed by atoms with E-state index in [4.69, 9.17) is 9.47 Å². The SMILES string of the molecule is COc1ccc(Nc2nc(C)c([N+](=O)[O-])c(Nc3ccc(OC)cc3)n2)cc1. The summed E-state index contributed by atoms with van der Waals surface area (Å²) < 4.78 is 10.3. The molecule has 3 rings (SSSR count). The van der Waals surface area contributed by atoms with E-state index in [-0.39, 0.29) is 23.1 Å². The molecule has 0 amide bonds. The Hall–Kier alpha value is -3.88. The van der Waals surface area contributed by atoms with Crippen molar-refractivity contribution in [2.45, 2.75) is 6.92 Å². The fourth-order valence-corrected chi connectivity index (χ4v) is 2.54. The molecule has 2 N–H and O–H groups in total. The molecule has 9 heteroatoms. The van der Waals surface area contributed by atoms with E-state index < -0.39 is 4.92 Å². The summed E-state index contributed by atoms with van der Waals surface area (Å²) >= 11 is 0. The molecular formula is C19H19N5O4. The number of hydrogen-bond donors (Lipinski definition) is 2. The first-order valence-corrected chi connectivity index (χ1v) is 8.35. The molecule has 0 unspecified atom stereocenters. The van der Waals surface area contributed by atoms with Crippen LogP contribution in [0.25, 0.3) is 0 Å². The molecule has 0 atom stereocenters. The van der Waals surface area contributed by atoms with Crippen LogP contribution in [-0.2, 0) is 0 Å². The zero-order chi connectivity index (χ0) is 20.1. The number of nitrogens with zero attached hydrogens (tertiary/aromatic N) is 3. The smallest absolute Gasteiger partial charge is 0.332 e. The van der Waals surface area contributed by atoms with Crippen LogP contribution in [0, 0.1) is 17.0 Å². The topological polar surface area (TPSA) is 111 Å². The van der Waals surface area contributed by atoms with Crippen molar-refractivity contribution in [2.75, 3.05) is 24.9 Å². The monoisotopic (exact) mass is 381 g/mol. The molecule has 0 spiro atoms. The second-order valence-corrected chi connectivity index (χ2v) is 5.79. The van der Waals surface area contributed by atoms with Gasteiger partial charge >= 0.3 is 5.69 Å². The highest BCUT2D eigenvalue weighted by Gasteiger charge is 2.22. The highest BCUT2D eigenvalue weighted by Crippen LogP contribution is 2.30. The minimum atomic E-state index is -0.502. The maximum atomic E-state index is 11.5. The van der Waals surface area contributed by atoms with Gasteiger partial charge in [-0.15, -0.1) is 0 Å². The van der Waals surface area contributed by atoms with Crippen LogP contribution in [0.15, 0.2) is 48.5 Å². The van der Waals surface area contributed by atoms with Crippen molar-refractivity contribution >= 4 is 28.8 Å². The highest BCUT2D eigenvalue weighted by molar-refractivity contribution is 5.69. The lowest BCUT2D eigenvalue weighted by atomic mass is 10.3. The van der Waals surface area contributed by atoms with Crippen molar-refractivity contribution in [2.24, 2.45) is 0 Å². The first-order chi connectivity index (χ1) is 13.5. The molecule has 3 aromatic rings. The van der Waals surface area contributed by atoms with Gasteiger partial charge in [0.15, 0.2) is 0 Å². The Morgan fingerprint density at radius 1 is 0.857 bits per heavy atom. The third kappa shape index (κ3) is 4.26. The van der Waals surface area contributed by atoms with Gasteiger partial charge in [-0.1, -0.05) is 0 Å². The van der Waals surface area contributed by atoms with Gasteiger partial charge in [0.05, 0.1) is 19.1 Å². The van der Waals surface area contributed by atoms with E-state index in [2.05, 4.69) is 20.6 Å². The number of methoxy groups -OCH3 is 2. The van der Waals surface area contributed by atoms with Crippen LogP contribution < -0.4 is 20.1 Å².